The molecular formula is C22H34N4O3. The quantitative estimate of drug-likeness (QED) is 0.697. The van der Waals surface area contributed by atoms with Gasteiger partial charge in [0.25, 0.3) is 0 Å². The lowest BCUT2D eigenvalue weighted by Gasteiger charge is -2.42. The van der Waals surface area contributed by atoms with E-state index < -0.39 is 11.6 Å². The fourth-order valence-electron chi connectivity index (χ4n) is 3.90. The van der Waals surface area contributed by atoms with Crippen LogP contribution in [-0.4, -0.2) is 54.7 Å². The first kappa shape index (κ1) is 21.4. The molecule has 2 atom stereocenters. The highest BCUT2D eigenvalue weighted by molar-refractivity contribution is 5.86. The van der Waals surface area contributed by atoms with Crippen LogP contribution in [0.2, 0.25) is 0 Å². The third-order valence-corrected chi connectivity index (χ3v) is 5.46. The van der Waals surface area contributed by atoms with E-state index in [-0.39, 0.29) is 18.0 Å². The molecule has 2 amide bonds. The van der Waals surface area contributed by atoms with Gasteiger partial charge in [0.2, 0.25) is 5.91 Å². The van der Waals surface area contributed by atoms with Crippen LogP contribution in [0, 0.1) is 0 Å². The number of nitrogens with two attached hydrogens (primary N) is 1. The average molecular weight is 403 g/mol. The van der Waals surface area contributed by atoms with Crippen molar-refractivity contribution < 1.29 is 14.3 Å². The number of carbonyl (C=O) groups excluding carboxylic acids is 2. The largest absolute Gasteiger partial charge is 0.444 e. The van der Waals surface area contributed by atoms with Crippen molar-refractivity contribution in [3.8, 4) is 0 Å². The molecule has 1 aromatic carbocycles. The Morgan fingerprint density at radius 3 is 2.76 bits per heavy atom. The van der Waals surface area contributed by atoms with Crippen LogP contribution in [0.1, 0.15) is 58.1 Å². The summed E-state index contributed by atoms with van der Waals surface area (Å²) >= 11 is 0. The number of nitrogens with one attached hydrogen (secondary N) is 1. The smallest absolute Gasteiger partial charge is 0.410 e. The summed E-state index contributed by atoms with van der Waals surface area (Å²) in [5, 5.41) is 3.06. The van der Waals surface area contributed by atoms with Gasteiger partial charge in [-0.3, -0.25) is 4.79 Å². The van der Waals surface area contributed by atoms with Crippen LogP contribution in [0.4, 0.5) is 10.5 Å². The van der Waals surface area contributed by atoms with Crippen LogP contribution in [-0.2, 0) is 9.53 Å². The van der Waals surface area contributed by atoms with Gasteiger partial charge in [0.15, 0.2) is 0 Å². The lowest BCUT2D eigenvalue weighted by atomic mass is 10.00. The molecule has 0 aliphatic carbocycles. The third kappa shape index (κ3) is 5.63. The van der Waals surface area contributed by atoms with Crippen molar-refractivity contribution in [1.29, 1.82) is 0 Å². The molecule has 29 heavy (non-hydrogen) atoms. The standard InChI is InChI=1S/C22H34N4O3/c1-22(2,3)29-21(28)25-12-13-26-17-9-7-8-16(14-17)18(23)10-5-4-6-11-24-20(27)19(26)15-25/h7-9,14,18-19H,4-6,10-13,15,23H2,1-3H3,(H,24,27)/t18-,19+/m0/s1. The van der Waals surface area contributed by atoms with E-state index in [1.807, 2.05) is 32.9 Å². The molecule has 0 saturated carbocycles. The molecule has 1 fully saturated rings. The fraction of sp³-hybridized carbons (Fsp3) is 0.636. The van der Waals surface area contributed by atoms with E-state index >= 15 is 0 Å². The Morgan fingerprint density at radius 1 is 1.21 bits per heavy atom. The summed E-state index contributed by atoms with van der Waals surface area (Å²) in [6, 6.07) is 7.70. The molecule has 0 unspecified atom stereocenters. The number of fused-ring (bicyclic) bond motifs is 4. The van der Waals surface area contributed by atoms with Gasteiger partial charge in [-0.05, 0) is 51.3 Å². The summed E-state index contributed by atoms with van der Waals surface area (Å²) in [6.45, 7) is 7.56. The molecule has 7 heteroatoms. The Morgan fingerprint density at radius 2 is 2.00 bits per heavy atom. The second kappa shape index (κ2) is 9.03. The first-order valence-electron chi connectivity index (χ1n) is 10.6. The number of hydrogen-bond donors (Lipinski definition) is 2. The van der Waals surface area contributed by atoms with Gasteiger partial charge in [0.1, 0.15) is 11.6 Å². The van der Waals surface area contributed by atoms with Crippen molar-refractivity contribution in [2.45, 2.75) is 64.1 Å². The van der Waals surface area contributed by atoms with Crippen LogP contribution in [0.25, 0.3) is 0 Å². The molecule has 2 aliphatic rings. The van der Waals surface area contributed by atoms with Gasteiger partial charge in [-0.25, -0.2) is 4.79 Å². The number of hydrogen-bond acceptors (Lipinski definition) is 5. The number of rotatable bonds is 0. The van der Waals surface area contributed by atoms with E-state index in [9.17, 15) is 9.59 Å². The fourth-order valence-corrected chi connectivity index (χ4v) is 3.90. The molecule has 3 rings (SSSR count). The predicted octanol–water partition coefficient (Wildman–Crippen LogP) is 2.80. The monoisotopic (exact) mass is 402 g/mol. The number of piperazine rings is 1. The van der Waals surface area contributed by atoms with Crippen molar-refractivity contribution in [2.75, 3.05) is 31.1 Å². The van der Waals surface area contributed by atoms with E-state index in [0.717, 1.165) is 36.9 Å². The first-order valence-corrected chi connectivity index (χ1v) is 10.6. The van der Waals surface area contributed by atoms with Crippen molar-refractivity contribution >= 4 is 17.7 Å². The predicted molar refractivity (Wildman–Crippen MR) is 114 cm³/mol. The van der Waals surface area contributed by atoms with Crippen LogP contribution in [0.5, 0.6) is 0 Å². The number of amides is 2. The first-order chi connectivity index (χ1) is 13.7. The summed E-state index contributed by atoms with van der Waals surface area (Å²) in [4.78, 5) is 29.3. The Kier molecular flexibility index (Phi) is 6.67. The Bertz CT molecular complexity index is 731. The molecule has 2 bridgehead atoms. The highest BCUT2D eigenvalue weighted by Crippen LogP contribution is 2.27. The number of benzene rings is 1. The number of anilines is 1. The zero-order valence-electron chi connectivity index (χ0n) is 17.8. The minimum atomic E-state index is -0.564. The van der Waals surface area contributed by atoms with E-state index in [2.05, 4.69) is 22.3 Å². The SMILES string of the molecule is CC(C)(C)OC(=O)N1CCN2c3cccc(c3)[C@@H](N)CCCCCNC(=O)[C@H]2C1. The van der Waals surface area contributed by atoms with Gasteiger partial charge >= 0.3 is 6.09 Å². The van der Waals surface area contributed by atoms with Crippen molar-refractivity contribution in [3.05, 3.63) is 29.8 Å². The van der Waals surface area contributed by atoms with E-state index in [4.69, 9.17) is 10.5 Å². The third-order valence-electron chi connectivity index (χ3n) is 5.46. The second-order valence-corrected chi connectivity index (χ2v) is 8.98. The average Bonchev–Trinajstić information content (AvgIpc) is 2.68. The summed E-state index contributed by atoms with van der Waals surface area (Å²) in [5.74, 6) is -0.0489. The Labute approximate surface area is 173 Å². The highest BCUT2D eigenvalue weighted by atomic mass is 16.6. The molecule has 7 nitrogen and oxygen atoms in total. The van der Waals surface area contributed by atoms with E-state index in [0.29, 0.717) is 26.2 Å². The number of ether oxygens (including phenoxy) is 1. The number of carbonyl (C=O) groups is 2. The van der Waals surface area contributed by atoms with Gasteiger partial charge in [0.05, 0.1) is 6.54 Å². The molecule has 0 spiro atoms. The molecule has 0 aromatic heterocycles. The van der Waals surface area contributed by atoms with E-state index in [1.165, 1.54) is 0 Å². The topological polar surface area (TPSA) is 87.9 Å². The van der Waals surface area contributed by atoms with E-state index in [1.54, 1.807) is 4.90 Å². The molecular weight excluding hydrogens is 368 g/mol. The lowest BCUT2D eigenvalue weighted by molar-refractivity contribution is -0.123. The lowest BCUT2D eigenvalue weighted by Crippen LogP contribution is -2.60. The summed E-state index contributed by atoms with van der Waals surface area (Å²) < 4.78 is 5.52. The van der Waals surface area contributed by atoms with Crippen LogP contribution in [0.15, 0.2) is 24.3 Å². The van der Waals surface area contributed by atoms with Gasteiger partial charge in [0, 0.05) is 31.4 Å². The van der Waals surface area contributed by atoms with Crippen molar-refractivity contribution in [3.63, 3.8) is 0 Å². The van der Waals surface area contributed by atoms with Gasteiger partial charge in [-0.15, -0.1) is 0 Å². The molecule has 0 radical (unpaired) electrons. The van der Waals surface area contributed by atoms with Crippen molar-refractivity contribution in [1.82, 2.24) is 10.2 Å². The van der Waals surface area contributed by atoms with Gasteiger partial charge < -0.3 is 25.6 Å². The summed E-state index contributed by atoms with van der Waals surface area (Å²) in [7, 11) is 0. The molecule has 1 aromatic rings. The van der Waals surface area contributed by atoms with Gasteiger partial charge in [-0.1, -0.05) is 25.0 Å². The molecule has 1 saturated heterocycles. The maximum Gasteiger partial charge on any atom is 0.410 e. The van der Waals surface area contributed by atoms with Crippen LogP contribution < -0.4 is 16.0 Å². The Balaban J connectivity index is 1.85. The molecule has 3 N–H and O–H groups in total. The Hall–Kier alpha value is -2.28. The van der Waals surface area contributed by atoms with Gasteiger partial charge in [-0.2, -0.15) is 0 Å². The normalized spacial score (nSPS) is 23.8. The maximum atomic E-state index is 13.0. The number of nitrogens with zero attached hydrogens (tertiary/aromatic N) is 2. The molecule has 2 heterocycles. The van der Waals surface area contributed by atoms with Crippen LogP contribution >= 0.6 is 0 Å². The van der Waals surface area contributed by atoms with Crippen molar-refractivity contribution in [2.24, 2.45) is 5.73 Å². The zero-order chi connectivity index (χ0) is 21.0. The summed E-state index contributed by atoms with van der Waals surface area (Å²) in [5.41, 5.74) is 7.91. The zero-order valence-corrected chi connectivity index (χ0v) is 17.8. The minimum absolute atomic E-state index is 0.000802. The second-order valence-electron chi connectivity index (χ2n) is 8.98. The maximum absolute atomic E-state index is 13.0. The molecule has 2 aliphatic heterocycles. The highest BCUT2D eigenvalue weighted by Gasteiger charge is 2.36. The van der Waals surface area contributed by atoms with Crippen LogP contribution in [0.3, 0.4) is 0 Å². The summed E-state index contributed by atoms with van der Waals surface area (Å²) in [6.07, 6.45) is 3.57. The molecule has 160 valence electrons. The minimum Gasteiger partial charge on any atom is -0.444 e.